The van der Waals surface area contributed by atoms with Gasteiger partial charge in [-0.25, -0.2) is 0 Å². The summed E-state index contributed by atoms with van der Waals surface area (Å²) >= 11 is 0. The second-order valence-electron chi connectivity index (χ2n) is 5.37. The SMILES string of the molecule is CC1CCN(c2ccc3c(c2)NC(=O)C3O)C1CO. The number of carbonyl (C=O) groups is 1. The van der Waals surface area contributed by atoms with E-state index in [9.17, 15) is 15.0 Å². The first-order chi connectivity index (χ1) is 9.11. The molecule has 2 aliphatic rings. The van der Waals surface area contributed by atoms with E-state index in [2.05, 4.69) is 17.1 Å². The van der Waals surface area contributed by atoms with Crippen LogP contribution in [0, 0.1) is 5.92 Å². The van der Waals surface area contributed by atoms with Gasteiger partial charge < -0.3 is 20.4 Å². The maximum absolute atomic E-state index is 11.4. The van der Waals surface area contributed by atoms with Crippen LogP contribution in [0.25, 0.3) is 0 Å². The van der Waals surface area contributed by atoms with E-state index in [4.69, 9.17) is 0 Å². The fraction of sp³-hybridized carbons (Fsp3) is 0.500. The molecule has 102 valence electrons. The topological polar surface area (TPSA) is 72.8 Å². The maximum atomic E-state index is 11.4. The summed E-state index contributed by atoms with van der Waals surface area (Å²) in [6.07, 6.45) is -0.00714. The van der Waals surface area contributed by atoms with Gasteiger partial charge in [0.2, 0.25) is 0 Å². The molecule has 1 fully saturated rings. The molecule has 3 rings (SSSR count). The molecule has 19 heavy (non-hydrogen) atoms. The highest BCUT2D eigenvalue weighted by Gasteiger charge is 2.33. The smallest absolute Gasteiger partial charge is 0.257 e. The third-order valence-corrected chi connectivity index (χ3v) is 4.24. The van der Waals surface area contributed by atoms with Gasteiger partial charge in [-0.05, 0) is 24.5 Å². The van der Waals surface area contributed by atoms with Crippen molar-refractivity contribution in [3.8, 4) is 0 Å². The summed E-state index contributed by atoms with van der Waals surface area (Å²) in [6.45, 7) is 3.18. The highest BCUT2D eigenvalue weighted by atomic mass is 16.3. The van der Waals surface area contributed by atoms with Crippen LogP contribution in [0.4, 0.5) is 11.4 Å². The van der Waals surface area contributed by atoms with E-state index >= 15 is 0 Å². The van der Waals surface area contributed by atoms with Crippen LogP contribution in [0.2, 0.25) is 0 Å². The highest BCUT2D eigenvalue weighted by Crippen LogP contribution is 2.36. The number of hydrogen-bond acceptors (Lipinski definition) is 4. The first kappa shape index (κ1) is 12.4. The molecule has 1 aromatic rings. The molecule has 0 spiro atoms. The van der Waals surface area contributed by atoms with Crippen LogP contribution in [0.1, 0.15) is 25.0 Å². The number of amides is 1. The minimum absolute atomic E-state index is 0.125. The van der Waals surface area contributed by atoms with E-state index < -0.39 is 6.10 Å². The predicted octanol–water partition coefficient (Wildman–Crippen LogP) is 0.879. The van der Waals surface area contributed by atoms with E-state index in [1.54, 1.807) is 6.07 Å². The molecule has 2 aliphatic heterocycles. The van der Waals surface area contributed by atoms with E-state index in [1.807, 2.05) is 12.1 Å². The first-order valence-corrected chi connectivity index (χ1v) is 6.62. The van der Waals surface area contributed by atoms with Crippen molar-refractivity contribution in [3.63, 3.8) is 0 Å². The standard InChI is InChI=1S/C14H18N2O3/c1-8-4-5-16(12(8)7-17)9-2-3-10-11(6-9)15-14(19)13(10)18/h2-3,6,8,12-13,17-18H,4-5,7H2,1H3,(H,15,19). The summed E-state index contributed by atoms with van der Waals surface area (Å²) in [5, 5.41) is 21.9. The number of carbonyl (C=O) groups excluding carboxylic acids is 1. The average Bonchev–Trinajstić information content (AvgIpc) is 2.90. The zero-order valence-corrected chi connectivity index (χ0v) is 10.8. The third-order valence-electron chi connectivity index (χ3n) is 4.24. The molecular weight excluding hydrogens is 244 g/mol. The largest absolute Gasteiger partial charge is 0.394 e. The fourth-order valence-electron chi connectivity index (χ4n) is 3.02. The van der Waals surface area contributed by atoms with Crippen molar-refractivity contribution in [2.75, 3.05) is 23.4 Å². The summed E-state index contributed by atoms with van der Waals surface area (Å²) in [6, 6.07) is 5.69. The second-order valence-corrected chi connectivity index (χ2v) is 5.37. The molecule has 3 unspecified atom stereocenters. The van der Waals surface area contributed by atoms with Crippen LogP contribution >= 0.6 is 0 Å². The van der Waals surface area contributed by atoms with Crippen LogP contribution in [0.15, 0.2) is 18.2 Å². The van der Waals surface area contributed by atoms with Gasteiger partial charge in [0.15, 0.2) is 6.10 Å². The molecule has 3 atom stereocenters. The van der Waals surface area contributed by atoms with Gasteiger partial charge in [0.1, 0.15) is 0 Å². The Hall–Kier alpha value is -1.59. The number of nitrogens with one attached hydrogen (secondary N) is 1. The summed E-state index contributed by atoms with van der Waals surface area (Å²) < 4.78 is 0. The molecular formula is C14H18N2O3. The minimum atomic E-state index is -1.06. The Morgan fingerprint density at radius 3 is 3.00 bits per heavy atom. The van der Waals surface area contributed by atoms with Crippen molar-refractivity contribution in [3.05, 3.63) is 23.8 Å². The van der Waals surface area contributed by atoms with Crippen molar-refractivity contribution in [2.45, 2.75) is 25.5 Å². The number of aliphatic hydroxyl groups is 2. The van der Waals surface area contributed by atoms with Gasteiger partial charge in [0, 0.05) is 23.5 Å². The Labute approximate surface area is 111 Å². The molecule has 0 aromatic heterocycles. The monoisotopic (exact) mass is 262 g/mol. The Morgan fingerprint density at radius 1 is 1.47 bits per heavy atom. The molecule has 1 amide bonds. The summed E-state index contributed by atoms with van der Waals surface area (Å²) in [4.78, 5) is 13.6. The van der Waals surface area contributed by atoms with Gasteiger partial charge in [-0.2, -0.15) is 0 Å². The van der Waals surface area contributed by atoms with Crippen molar-refractivity contribution in [1.29, 1.82) is 0 Å². The van der Waals surface area contributed by atoms with E-state index in [-0.39, 0.29) is 18.6 Å². The van der Waals surface area contributed by atoms with E-state index in [0.717, 1.165) is 18.7 Å². The van der Waals surface area contributed by atoms with Gasteiger partial charge in [0.25, 0.3) is 5.91 Å². The van der Waals surface area contributed by atoms with Crippen LogP contribution in [-0.2, 0) is 4.79 Å². The lowest BCUT2D eigenvalue weighted by molar-refractivity contribution is -0.123. The van der Waals surface area contributed by atoms with E-state index in [0.29, 0.717) is 17.2 Å². The van der Waals surface area contributed by atoms with Gasteiger partial charge in [0.05, 0.1) is 12.6 Å². The van der Waals surface area contributed by atoms with Gasteiger partial charge in [-0.3, -0.25) is 4.79 Å². The lowest BCUT2D eigenvalue weighted by Gasteiger charge is -2.27. The lowest BCUT2D eigenvalue weighted by Crippen LogP contribution is -2.35. The minimum Gasteiger partial charge on any atom is -0.394 e. The zero-order valence-electron chi connectivity index (χ0n) is 10.8. The fourth-order valence-corrected chi connectivity index (χ4v) is 3.02. The van der Waals surface area contributed by atoms with Crippen molar-refractivity contribution >= 4 is 17.3 Å². The molecule has 1 saturated heterocycles. The number of aliphatic hydroxyl groups excluding tert-OH is 2. The zero-order chi connectivity index (χ0) is 13.6. The van der Waals surface area contributed by atoms with Crippen LogP contribution < -0.4 is 10.2 Å². The van der Waals surface area contributed by atoms with Crippen LogP contribution in [0.5, 0.6) is 0 Å². The normalized spacial score (nSPS) is 29.5. The van der Waals surface area contributed by atoms with Crippen molar-refractivity contribution < 1.29 is 15.0 Å². The van der Waals surface area contributed by atoms with Crippen molar-refractivity contribution in [1.82, 2.24) is 0 Å². The quantitative estimate of drug-likeness (QED) is 0.740. The molecule has 5 heteroatoms. The highest BCUT2D eigenvalue weighted by molar-refractivity contribution is 6.02. The molecule has 5 nitrogen and oxygen atoms in total. The van der Waals surface area contributed by atoms with Gasteiger partial charge in [-0.1, -0.05) is 13.0 Å². The molecule has 2 heterocycles. The Bertz CT molecular complexity index is 517. The Balaban J connectivity index is 1.92. The number of benzene rings is 1. The molecule has 0 saturated carbocycles. The molecule has 0 aliphatic carbocycles. The number of fused-ring (bicyclic) bond motifs is 1. The lowest BCUT2D eigenvalue weighted by atomic mass is 10.0. The Morgan fingerprint density at radius 2 is 2.26 bits per heavy atom. The molecule has 3 N–H and O–H groups in total. The summed E-state index contributed by atoms with van der Waals surface area (Å²) in [7, 11) is 0. The molecule has 0 radical (unpaired) electrons. The predicted molar refractivity (Wildman–Crippen MR) is 72.0 cm³/mol. The molecule has 0 bridgehead atoms. The van der Waals surface area contributed by atoms with Crippen molar-refractivity contribution in [2.24, 2.45) is 5.92 Å². The van der Waals surface area contributed by atoms with Crippen LogP contribution in [0.3, 0.4) is 0 Å². The van der Waals surface area contributed by atoms with E-state index in [1.165, 1.54) is 0 Å². The summed E-state index contributed by atoms with van der Waals surface area (Å²) in [5.74, 6) is 0.0825. The third kappa shape index (κ3) is 1.89. The second kappa shape index (κ2) is 4.51. The number of hydrogen-bond donors (Lipinski definition) is 3. The average molecular weight is 262 g/mol. The van der Waals surface area contributed by atoms with Gasteiger partial charge in [-0.15, -0.1) is 0 Å². The number of nitrogens with zero attached hydrogens (tertiary/aromatic N) is 1. The first-order valence-electron chi connectivity index (χ1n) is 6.62. The van der Waals surface area contributed by atoms with Crippen LogP contribution in [-0.4, -0.2) is 35.3 Å². The number of rotatable bonds is 2. The van der Waals surface area contributed by atoms with Gasteiger partial charge >= 0.3 is 0 Å². The molecule has 1 aromatic carbocycles. The summed E-state index contributed by atoms with van der Waals surface area (Å²) in [5.41, 5.74) is 2.28. The Kier molecular flexibility index (Phi) is 2.95. The maximum Gasteiger partial charge on any atom is 0.257 e. The number of anilines is 2.